The fourth-order valence-electron chi connectivity index (χ4n) is 1.78. The van der Waals surface area contributed by atoms with Crippen LogP contribution in [0.3, 0.4) is 0 Å². The number of rotatable bonds is 2. The van der Waals surface area contributed by atoms with Crippen molar-refractivity contribution in [2.75, 3.05) is 0 Å². The zero-order valence-corrected chi connectivity index (χ0v) is 12.5. The van der Waals surface area contributed by atoms with E-state index in [2.05, 4.69) is 64.2 Å². The number of hydrogen-bond donors (Lipinski definition) is 0. The van der Waals surface area contributed by atoms with Crippen molar-refractivity contribution in [1.82, 2.24) is 0 Å². The molecule has 2 heteroatoms. The summed E-state index contributed by atoms with van der Waals surface area (Å²) in [6, 6.07) is 6.38. The Labute approximate surface area is 106 Å². The van der Waals surface area contributed by atoms with Crippen molar-refractivity contribution in [2.45, 2.75) is 45.3 Å². The Kier molecular flexibility index (Phi) is 2.94. The maximum atomic E-state index is 6.41. The lowest BCUT2D eigenvalue weighted by Gasteiger charge is -2.37. The lowest BCUT2D eigenvalue weighted by atomic mass is 10.1. The van der Waals surface area contributed by atoms with Gasteiger partial charge in [-0.2, -0.15) is 0 Å². The molecule has 0 aliphatic heterocycles. The van der Waals surface area contributed by atoms with Gasteiger partial charge in [0.25, 0.3) is 0 Å². The molecule has 92 valence electrons. The molecule has 1 aliphatic carbocycles. The second-order valence-corrected chi connectivity index (χ2v) is 11.0. The van der Waals surface area contributed by atoms with Gasteiger partial charge in [-0.25, -0.2) is 0 Å². The van der Waals surface area contributed by atoms with Gasteiger partial charge in [0.05, 0.1) is 0 Å². The normalized spacial score (nSPS) is 14.9. The number of allylic oxidation sites excluding steroid dienone is 1. The van der Waals surface area contributed by atoms with Crippen molar-refractivity contribution in [3.8, 4) is 5.75 Å². The molecule has 1 aromatic carbocycles. The van der Waals surface area contributed by atoms with Gasteiger partial charge in [0.2, 0.25) is 8.32 Å². The molecule has 1 aromatic rings. The van der Waals surface area contributed by atoms with Crippen molar-refractivity contribution < 1.29 is 4.43 Å². The summed E-state index contributed by atoms with van der Waals surface area (Å²) in [6.45, 7) is 11.4. The van der Waals surface area contributed by atoms with Crippen LogP contribution >= 0.6 is 0 Å². The van der Waals surface area contributed by atoms with Gasteiger partial charge in [0.1, 0.15) is 5.75 Å². The molecule has 0 unspecified atom stereocenters. The SMILES string of the molecule is CC(C)(C)[Si](C)(C)Oc1cccc2c1CC=C2. The first-order valence-corrected chi connectivity index (χ1v) is 9.19. The van der Waals surface area contributed by atoms with Gasteiger partial charge in [-0.1, -0.05) is 45.1 Å². The molecule has 17 heavy (non-hydrogen) atoms. The molecule has 0 spiro atoms. The molecule has 0 radical (unpaired) electrons. The molecule has 1 nitrogen and oxygen atoms in total. The van der Waals surface area contributed by atoms with Gasteiger partial charge < -0.3 is 4.43 Å². The molecule has 1 aliphatic rings. The first-order chi connectivity index (χ1) is 7.81. The summed E-state index contributed by atoms with van der Waals surface area (Å²) in [4.78, 5) is 0. The van der Waals surface area contributed by atoms with E-state index in [-0.39, 0.29) is 5.04 Å². The minimum absolute atomic E-state index is 0.252. The third-order valence-electron chi connectivity index (χ3n) is 3.96. The number of benzene rings is 1. The first kappa shape index (κ1) is 12.4. The van der Waals surface area contributed by atoms with E-state index in [1.165, 1.54) is 11.1 Å². The Hall–Kier alpha value is -1.02. The summed E-state index contributed by atoms with van der Waals surface area (Å²) in [7, 11) is -1.72. The highest BCUT2D eigenvalue weighted by atomic mass is 28.4. The zero-order chi connectivity index (χ0) is 12.7. The molecule has 0 N–H and O–H groups in total. The third-order valence-corrected chi connectivity index (χ3v) is 8.30. The fraction of sp³-hybridized carbons (Fsp3) is 0.467. The van der Waals surface area contributed by atoms with Crippen LogP contribution in [-0.4, -0.2) is 8.32 Å². The van der Waals surface area contributed by atoms with Crippen LogP contribution in [0.25, 0.3) is 6.08 Å². The molecule has 0 atom stereocenters. The van der Waals surface area contributed by atoms with E-state index < -0.39 is 8.32 Å². The average Bonchev–Trinajstić information content (AvgIpc) is 2.64. The Morgan fingerprint density at radius 1 is 1.18 bits per heavy atom. The number of fused-ring (bicyclic) bond motifs is 1. The van der Waals surface area contributed by atoms with Crippen LogP contribution in [0, 0.1) is 0 Å². The van der Waals surface area contributed by atoms with Crippen LogP contribution in [0.4, 0.5) is 0 Å². The monoisotopic (exact) mass is 246 g/mol. The Bertz CT molecular complexity index is 452. The highest BCUT2D eigenvalue weighted by molar-refractivity contribution is 6.74. The van der Waals surface area contributed by atoms with Crippen LogP contribution in [0.15, 0.2) is 24.3 Å². The van der Waals surface area contributed by atoms with Crippen LogP contribution in [0.1, 0.15) is 31.9 Å². The van der Waals surface area contributed by atoms with Gasteiger partial charge >= 0.3 is 0 Å². The second-order valence-electron chi connectivity index (χ2n) is 6.29. The summed E-state index contributed by atoms with van der Waals surface area (Å²) in [5, 5.41) is 0.252. The summed E-state index contributed by atoms with van der Waals surface area (Å²) in [5.74, 6) is 1.10. The van der Waals surface area contributed by atoms with E-state index in [0.717, 1.165) is 12.2 Å². The molecular formula is C15H22OSi. The van der Waals surface area contributed by atoms with Gasteiger partial charge in [-0.3, -0.25) is 0 Å². The zero-order valence-electron chi connectivity index (χ0n) is 11.5. The van der Waals surface area contributed by atoms with Gasteiger partial charge in [0, 0.05) is 5.56 Å². The third kappa shape index (κ3) is 2.32. The van der Waals surface area contributed by atoms with Crippen LogP contribution in [-0.2, 0) is 6.42 Å². The van der Waals surface area contributed by atoms with E-state index in [1.54, 1.807) is 0 Å². The van der Waals surface area contributed by atoms with Crippen molar-refractivity contribution in [3.05, 3.63) is 35.4 Å². The smallest absolute Gasteiger partial charge is 0.250 e. The van der Waals surface area contributed by atoms with Crippen molar-refractivity contribution >= 4 is 14.4 Å². The summed E-state index contributed by atoms with van der Waals surface area (Å²) < 4.78 is 6.41. The largest absolute Gasteiger partial charge is 0.543 e. The maximum absolute atomic E-state index is 6.41. The first-order valence-electron chi connectivity index (χ1n) is 6.29. The molecule has 2 rings (SSSR count). The predicted molar refractivity (Wildman–Crippen MR) is 77.0 cm³/mol. The van der Waals surface area contributed by atoms with Crippen LogP contribution in [0.2, 0.25) is 18.1 Å². The summed E-state index contributed by atoms with van der Waals surface area (Å²) in [6.07, 6.45) is 5.41. The molecule has 0 aromatic heterocycles. The topological polar surface area (TPSA) is 9.23 Å². The van der Waals surface area contributed by atoms with Crippen molar-refractivity contribution in [3.63, 3.8) is 0 Å². The average molecular weight is 246 g/mol. The van der Waals surface area contributed by atoms with E-state index in [4.69, 9.17) is 4.43 Å². The lowest BCUT2D eigenvalue weighted by molar-refractivity contribution is 0.488. The molecule has 0 amide bonds. The van der Waals surface area contributed by atoms with Crippen LogP contribution < -0.4 is 4.43 Å². The second kappa shape index (κ2) is 4.02. The molecule has 0 heterocycles. The van der Waals surface area contributed by atoms with E-state index >= 15 is 0 Å². The van der Waals surface area contributed by atoms with Gasteiger partial charge in [0.15, 0.2) is 0 Å². The molecule has 0 saturated carbocycles. The van der Waals surface area contributed by atoms with Crippen molar-refractivity contribution in [1.29, 1.82) is 0 Å². The van der Waals surface area contributed by atoms with Gasteiger partial charge in [-0.15, -0.1) is 0 Å². The lowest BCUT2D eigenvalue weighted by Crippen LogP contribution is -2.44. The summed E-state index contributed by atoms with van der Waals surface area (Å²) >= 11 is 0. The predicted octanol–water partition coefficient (Wildman–Crippen LogP) is 4.64. The van der Waals surface area contributed by atoms with E-state index in [0.29, 0.717) is 0 Å². The maximum Gasteiger partial charge on any atom is 0.250 e. The molecule has 0 fully saturated rings. The Morgan fingerprint density at radius 2 is 1.88 bits per heavy atom. The molecular weight excluding hydrogens is 224 g/mol. The quantitative estimate of drug-likeness (QED) is 0.691. The van der Waals surface area contributed by atoms with Crippen molar-refractivity contribution in [2.24, 2.45) is 0 Å². The summed E-state index contributed by atoms with van der Waals surface area (Å²) in [5.41, 5.74) is 2.68. The van der Waals surface area contributed by atoms with Crippen LogP contribution in [0.5, 0.6) is 5.75 Å². The fourth-order valence-corrected chi connectivity index (χ4v) is 2.83. The number of hydrogen-bond acceptors (Lipinski definition) is 1. The highest BCUT2D eigenvalue weighted by Crippen LogP contribution is 2.39. The Morgan fingerprint density at radius 3 is 2.53 bits per heavy atom. The van der Waals surface area contributed by atoms with E-state index in [9.17, 15) is 0 Å². The highest BCUT2D eigenvalue weighted by Gasteiger charge is 2.39. The minimum Gasteiger partial charge on any atom is -0.543 e. The Balaban J connectivity index is 2.30. The molecule has 0 saturated heterocycles. The van der Waals surface area contributed by atoms with Gasteiger partial charge in [-0.05, 0) is 36.2 Å². The molecule has 0 bridgehead atoms. The standard InChI is InChI=1S/C15H22OSi/c1-15(2,3)17(4,5)16-14-11-7-9-12-8-6-10-13(12)14/h6-9,11H,10H2,1-5H3. The minimum atomic E-state index is -1.72. The van der Waals surface area contributed by atoms with E-state index in [1.807, 2.05) is 0 Å².